The van der Waals surface area contributed by atoms with Crippen LogP contribution in [-0.2, 0) is 4.79 Å². The van der Waals surface area contributed by atoms with E-state index in [9.17, 15) is 4.79 Å². The highest BCUT2D eigenvalue weighted by molar-refractivity contribution is 7.99. The monoisotopic (exact) mass is 381 g/mol. The fourth-order valence-corrected chi connectivity index (χ4v) is 3.51. The van der Waals surface area contributed by atoms with E-state index in [-0.39, 0.29) is 11.9 Å². The average molecular weight is 382 g/mol. The summed E-state index contributed by atoms with van der Waals surface area (Å²) in [5.41, 5.74) is 2.15. The lowest BCUT2D eigenvalue weighted by Gasteiger charge is -2.25. The summed E-state index contributed by atoms with van der Waals surface area (Å²) in [4.78, 5) is 14.4. The van der Waals surface area contributed by atoms with Crippen LogP contribution in [0, 0.1) is 0 Å². The van der Waals surface area contributed by atoms with Gasteiger partial charge in [-0.15, -0.1) is 10.2 Å². The highest BCUT2D eigenvalue weighted by Gasteiger charge is 2.16. The first kappa shape index (κ1) is 19.1. The highest BCUT2D eigenvalue weighted by Crippen LogP contribution is 2.20. The number of aromatic nitrogens is 3. The number of carbonyl (C=O) groups is 1. The molecule has 3 rings (SSSR count). The molecule has 1 amide bonds. The lowest BCUT2D eigenvalue weighted by atomic mass is 10.1. The van der Waals surface area contributed by atoms with Crippen LogP contribution in [0.15, 0.2) is 72.1 Å². The van der Waals surface area contributed by atoms with Gasteiger partial charge in [-0.2, -0.15) is 0 Å². The van der Waals surface area contributed by atoms with Crippen molar-refractivity contribution < 1.29 is 4.79 Å². The summed E-state index contributed by atoms with van der Waals surface area (Å²) in [5, 5.41) is 11.8. The number of amides is 1. The van der Waals surface area contributed by atoms with Crippen molar-refractivity contribution in [3.63, 3.8) is 0 Å². The minimum Gasteiger partial charge on any atom is -0.353 e. The van der Waals surface area contributed by atoms with Gasteiger partial charge >= 0.3 is 0 Å². The first-order valence-corrected chi connectivity index (χ1v) is 9.70. The second-order valence-electron chi connectivity index (χ2n) is 6.30. The van der Waals surface area contributed by atoms with Crippen molar-refractivity contribution >= 4 is 17.7 Å². The molecular formula is C20H23N5OS. The van der Waals surface area contributed by atoms with Gasteiger partial charge in [0.2, 0.25) is 5.91 Å². The minimum atomic E-state index is -0.0228. The summed E-state index contributed by atoms with van der Waals surface area (Å²) in [6, 6.07) is 20.2. The van der Waals surface area contributed by atoms with Gasteiger partial charge in [0.1, 0.15) is 6.33 Å². The molecule has 3 aromatic rings. The number of thioether (sulfide) groups is 1. The normalized spacial score (nSPS) is 12.1. The molecule has 7 heteroatoms. The zero-order chi connectivity index (χ0) is 19.1. The number of benzene rings is 2. The van der Waals surface area contributed by atoms with Crippen molar-refractivity contribution in [2.75, 3.05) is 26.4 Å². The average Bonchev–Trinajstić information content (AvgIpc) is 3.16. The summed E-state index contributed by atoms with van der Waals surface area (Å²) >= 11 is 1.38. The zero-order valence-electron chi connectivity index (χ0n) is 15.4. The van der Waals surface area contributed by atoms with Crippen LogP contribution in [0.1, 0.15) is 11.6 Å². The number of rotatable bonds is 8. The Bertz CT molecular complexity index is 851. The molecule has 1 aromatic heterocycles. The van der Waals surface area contributed by atoms with Crippen molar-refractivity contribution in [2.24, 2.45) is 0 Å². The van der Waals surface area contributed by atoms with E-state index in [2.05, 4.69) is 32.5 Å². The minimum absolute atomic E-state index is 0.0228. The van der Waals surface area contributed by atoms with Crippen LogP contribution in [0.5, 0.6) is 0 Å². The summed E-state index contributed by atoms with van der Waals surface area (Å²) in [7, 11) is 4.03. The van der Waals surface area contributed by atoms with Crippen LogP contribution in [-0.4, -0.2) is 52.0 Å². The first-order chi connectivity index (χ1) is 13.1. The van der Waals surface area contributed by atoms with Gasteiger partial charge in [-0.1, -0.05) is 60.3 Å². The number of para-hydroxylation sites is 1. The molecule has 0 aliphatic rings. The van der Waals surface area contributed by atoms with E-state index >= 15 is 0 Å². The predicted octanol–water partition coefficient (Wildman–Crippen LogP) is 2.78. The summed E-state index contributed by atoms with van der Waals surface area (Å²) in [5.74, 6) is 0.269. The van der Waals surface area contributed by atoms with Crippen molar-refractivity contribution in [2.45, 2.75) is 11.2 Å². The molecule has 0 unspecified atom stereocenters. The smallest absolute Gasteiger partial charge is 0.230 e. The third kappa shape index (κ3) is 5.18. The third-order valence-electron chi connectivity index (χ3n) is 4.18. The van der Waals surface area contributed by atoms with Gasteiger partial charge in [0.05, 0.1) is 11.8 Å². The van der Waals surface area contributed by atoms with E-state index < -0.39 is 0 Å². The Kier molecular flexibility index (Phi) is 6.62. The van der Waals surface area contributed by atoms with E-state index in [0.717, 1.165) is 5.69 Å². The van der Waals surface area contributed by atoms with E-state index in [1.807, 2.05) is 67.2 Å². The Balaban J connectivity index is 1.55. The van der Waals surface area contributed by atoms with Crippen LogP contribution in [0.3, 0.4) is 0 Å². The molecule has 0 saturated heterocycles. The summed E-state index contributed by atoms with van der Waals surface area (Å²) in [6.07, 6.45) is 1.66. The predicted molar refractivity (Wildman–Crippen MR) is 108 cm³/mol. The fourth-order valence-electron chi connectivity index (χ4n) is 2.75. The molecule has 0 saturated carbocycles. The molecule has 140 valence electrons. The van der Waals surface area contributed by atoms with Gasteiger partial charge in [0.15, 0.2) is 5.16 Å². The van der Waals surface area contributed by atoms with Crippen LogP contribution >= 0.6 is 11.8 Å². The molecule has 0 spiro atoms. The van der Waals surface area contributed by atoms with Crippen molar-refractivity contribution in [1.29, 1.82) is 0 Å². The Labute approximate surface area is 163 Å². The van der Waals surface area contributed by atoms with E-state index in [0.29, 0.717) is 17.5 Å². The molecule has 2 aromatic carbocycles. The molecule has 1 N–H and O–H groups in total. The molecule has 27 heavy (non-hydrogen) atoms. The maximum Gasteiger partial charge on any atom is 0.230 e. The maximum atomic E-state index is 12.3. The number of hydrogen-bond donors (Lipinski definition) is 1. The molecule has 1 atom stereocenters. The van der Waals surface area contributed by atoms with E-state index in [1.54, 1.807) is 6.33 Å². The fraction of sp³-hybridized carbons (Fsp3) is 0.250. The quantitative estimate of drug-likeness (QED) is 0.608. The first-order valence-electron chi connectivity index (χ1n) is 8.71. The van der Waals surface area contributed by atoms with Crippen molar-refractivity contribution in [3.8, 4) is 5.69 Å². The second kappa shape index (κ2) is 9.34. The molecule has 0 aliphatic carbocycles. The number of likely N-dealkylation sites (N-methyl/N-ethyl adjacent to an activating group) is 1. The number of nitrogens with zero attached hydrogens (tertiary/aromatic N) is 4. The Morgan fingerprint density at radius 2 is 1.78 bits per heavy atom. The van der Waals surface area contributed by atoms with Crippen molar-refractivity contribution in [1.82, 2.24) is 25.0 Å². The van der Waals surface area contributed by atoms with Gasteiger partial charge in [-0.05, 0) is 31.8 Å². The summed E-state index contributed by atoms with van der Waals surface area (Å²) in [6.45, 7) is 0.557. The zero-order valence-corrected chi connectivity index (χ0v) is 16.3. The number of nitrogens with one attached hydrogen (secondary N) is 1. The van der Waals surface area contributed by atoms with Gasteiger partial charge in [-0.3, -0.25) is 9.36 Å². The number of carbonyl (C=O) groups excluding carboxylic acids is 1. The molecular weight excluding hydrogens is 358 g/mol. The Hall–Kier alpha value is -2.64. The van der Waals surface area contributed by atoms with Crippen LogP contribution in [0.4, 0.5) is 0 Å². The molecule has 0 radical (unpaired) electrons. The van der Waals surface area contributed by atoms with Gasteiger partial charge in [0.25, 0.3) is 0 Å². The van der Waals surface area contributed by atoms with E-state index in [1.165, 1.54) is 17.3 Å². The largest absolute Gasteiger partial charge is 0.353 e. The van der Waals surface area contributed by atoms with Crippen LogP contribution in [0.2, 0.25) is 0 Å². The third-order valence-corrected chi connectivity index (χ3v) is 5.13. The second-order valence-corrected chi connectivity index (χ2v) is 7.24. The molecule has 6 nitrogen and oxygen atoms in total. The molecule has 0 fully saturated rings. The van der Waals surface area contributed by atoms with Crippen LogP contribution in [0.25, 0.3) is 5.69 Å². The maximum absolute atomic E-state index is 12.3. The van der Waals surface area contributed by atoms with Gasteiger partial charge < -0.3 is 10.2 Å². The van der Waals surface area contributed by atoms with Crippen molar-refractivity contribution in [3.05, 3.63) is 72.6 Å². The molecule has 1 heterocycles. The summed E-state index contributed by atoms with van der Waals surface area (Å²) < 4.78 is 1.88. The van der Waals surface area contributed by atoms with Gasteiger partial charge in [0, 0.05) is 12.2 Å². The molecule has 0 bridgehead atoms. The van der Waals surface area contributed by atoms with Gasteiger partial charge in [-0.25, -0.2) is 0 Å². The van der Waals surface area contributed by atoms with Crippen LogP contribution < -0.4 is 5.32 Å². The lowest BCUT2D eigenvalue weighted by Crippen LogP contribution is -2.35. The standard InChI is InChI=1S/C20H23N5OS/c1-24(2)18(16-9-5-3-6-10-16)13-21-19(26)14-27-20-23-22-15-25(20)17-11-7-4-8-12-17/h3-12,15,18H,13-14H2,1-2H3,(H,21,26)/t18-/m1/s1. The Morgan fingerprint density at radius 1 is 1.11 bits per heavy atom. The topological polar surface area (TPSA) is 63.1 Å². The SMILES string of the molecule is CN(C)[C@H](CNC(=O)CSc1nncn1-c1ccccc1)c1ccccc1. The Morgan fingerprint density at radius 3 is 2.44 bits per heavy atom. The highest BCUT2D eigenvalue weighted by atomic mass is 32.2. The lowest BCUT2D eigenvalue weighted by molar-refractivity contribution is -0.118. The molecule has 0 aliphatic heterocycles. The van der Waals surface area contributed by atoms with E-state index in [4.69, 9.17) is 0 Å². The number of hydrogen-bond acceptors (Lipinski definition) is 5.